The highest BCUT2D eigenvalue weighted by molar-refractivity contribution is 8.18. The second kappa shape index (κ2) is 12.2. The highest BCUT2D eigenvalue weighted by Crippen LogP contribution is 2.39. The van der Waals surface area contributed by atoms with E-state index in [1.807, 2.05) is 29.2 Å². The molecule has 0 unspecified atom stereocenters. The van der Waals surface area contributed by atoms with E-state index in [1.165, 1.54) is 44.1 Å². The molecule has 37 heavy (non-hydrogen) atoms. The SMILES string of the molecule is COc1cc(C=C2SC(=NC3CCCCC3)N(C3CCCCC3)C2=O)ccc1OCc1ccc(C)cc1. The van der Waals surface area contributed by atoms with Crippen molar-refractivity contribution in [2.45, 2.75) is 89.8 Å². The molecule has 5 nitrogen and oxygen atoms in total. The summed E-state index contributed by atoms with van der Waals surface area (Å²) in [5.74, 6) is 1.46. The van der Waals surface area contributed by atoms with Crippen molar-refractivity contribution in [3.8, 4) is 11.5 Å². The van der Waals surface area contributed by atoms with Crippen molar-refractivity contribution < 1.29 is 14.3 Å². The maximum absolute atomic E-state index is 13.7. The fraction of sp³-hybridized carbons (Fsp3) is 0.484. The lowest BCUT2D eigenvalue weighted by atomic mass is 9.94. The number of carbonyl (C=O) groups excluding carboxylic acids is 1. The number of amidine groups is 1. The third-order valence-electron chi connectivity index (χ3n) is 7.64. The van der Waals surface area contributed by atoms with Crippen molar-refractivity contribution in [3.63, 3.8) is 0 Å². The van der Waals surface area contributed by atoms with Crippen molar-refractivity contribution in [2.24, 2.45) is 4.99 Å². The van der Waals surface area contributed by atoms with E-state index < -0.39 is 0 Å². The molecule has 0 aromatic heterocycles. The van der Waals surface area contributed by atoms with Crippen molar-refractivity contribution in [2.75, 3.05) is 7.11 Å². The zero-order chi connectivity index (χ0) is 25.6. The van der Waals surface area contributed by atoms with E-state index in [-0.39, 0.29) is 11.9 Å². The standard InChI is InChI=1S/C31H38N2O3S/c1-22-13-15-23(16-14-22)21-36-27-18-17-24(19-28(27)35-2)20-29-30(34)33(26-11-7-4-8-12-26)31(37-29)32-25-9-5-3-6-10-25/h13-20,25-26H,3-12,21H2,1-2H3. The van der Waals surface area contributed by atoms with Crippen molar-refractivity contribution in [1.82, 2.24) is 4.90 Å². The van der Waals surface area contributed by atoms with Crippen molar-refractivity contribution in [1.29, 1.82) is 0 Å². The number of carbonyl (C=O) groups is 1. The minimum Gasteiger partial charge on any atom is -0.493 e. The molecular weight excluding hydrogens is 480 g/mol. The van der Waals surface area contributed by atoms with Crippen molar-refractivity contribution >= 4 is 28.9 Å². The number of benzene rings is 2. The van der Waals surface area contributed by atoms with Gasteiger partial charge in [-0.2, -0.15) is 0 Å². The summed E-state index contributed by atoms with van der Waals surface area (Å²) in [5.41, 5.74) is 3.27. The Morgan fingerprint density at radius 1 is 0.946 bits per heavy atom. The number of amides is 1. The second-order valence-corrected chi connectivity index (χ2v) is 11.5. The number of thioether (sulfide) groups is 1. The number of hydrogen-bond donors (Lipinski definition) is 0. The first kappa shape index (κ1) is 25.9. The van der Waals surface area contributed by atoms with Crippen LogP contribution < -0.4 is 9.47 Å². The van der Waals surface area contributed by atoms with Crippen molar-refractivity contribution in [3.05, 3.63) is 64.1 Å². The second-order valence-electron chi connectivity index (χ2n) is 10.5. The first-order valence-electron chi connectivity index (χ1n) is 13.8. The van der Waals surface area contributed by atoms with Gasteiger partial charge in [0.15, 0.2) is 16.7 Å². The number of hydrogen-bond acceptors (Lipinski definition) is 5. The van der Waals surface area contributed by atoms with E-state index in [4.69, 9.17) is 14.5 Å². The van der Waals surface area contributed by atoms with Crippen LogP contribution in [0.5, 0.6) is 11.5 Å². The molecule has 2 aromatic rings. The molecule has 0 N–H and O–H groups in total. The molecular formula is C31H38N2O3S. The first-order valence-corrected chi connectivity index (χ1v) is 14.6. The van der Waals surface area contributed by atoms with Gasteiger partial charge in [-0.25, -0.2) is 0 Å². The van der Waals surface area contributed by atoms with E-state index in [9.17, 15) is 4.79 Å². The lowest BCUT2D eigenvalue weighted by Crippen LogP contribution is -2.41. The Kier molecular flexibility index (Phi) is 8.55. The molecule has 0 radical (unpaired) electrons. The molecule has 2 aliphatic carbocycles. The van der Waals surface area contributed by atoms with Gasteiger partial charge in [0.05, 0.1) is 18.1 Å². The average Bonchev–Trinajstić information content (AvgIpc) is 3.23. The van der Waals surface area contributed by atoms with Gasteiger partial charge in [0.25, 0.3) is 5.91 Å². The Balaban J connectivity index is 1.35. The summed E-state index contributed by atoms with van der Waals surface area (Å²) in [5, 5.41) is 0.917. The van der Waals surface area contributed by atoms with Gasteiger partial charge in [-0.05, 0) is 73.7 Å². The number of rotatable bonds is 7. The summed E-state index contributed by atoms with van der Waals surface area (Å²) < 4.78 is 11.7. The van der Waals surface area contributed by atoms with E-state index in [2.05, 4.69) is 31.2 Å². The third-order valence-corrected chi connectivity index (χ3v) is 8.64. The van der Waals surface area contributed by atoms with Crippen LogP contribution in [0.3, 0.4) is 0 Å². The molecule has 0 spiro atoms. The predicted molar refractivity (Wildman–Crippen MR) is 152 cm³/mol. The van der Waals surface area contributed by atoms with Gasteiger partial charge in [-0.1, -0.05) is 74.4 Å². The van der Waals surface area contributed by atoms with Gasteiger partial charge >= 0.3 is 0 Å². The van der Waals surface area contributed by atoms with E-state index in [1.54, 1.807) is 18.9 Å². The minimum atomic E-state index is 0.102. The topological polar surface area (TPSA) is 51.1 Å². The number of aliphatic imine (C=N–C) groups is 1. The van der Waals surface area contributed by atoms with Crippen LogP contribution in [0.4, 0.5) is 0 Å². The van der Waals surface area contributed by atoms with Crippen LogP contribution in [0.1, 0.15) is 80.9 Å². The summed E-state index contributed by atoms with van der Waals surface area (Å²) in [7, 11) is 1.65. The third kappa shape index (κ3) is 6.40. The summed E-state index contributed by atoms with van der Waals surface area (Å²) >= 11 is 1.55. The van der Waals surface area contributed by atoms with Crippen LogP contribution in [0.25, 0.3) is 6.08 Å². The number of methoxy groups -OCH3 is 1. The first-order chi connectivity index (χ1) is 18.1. The molecule has 3 aliphatic rings. The van der Waals surface area contributed by atoms with E-state index in [0.29, 0.717) is 24.1 Å². The smallest absolute Gasteiger partial charge is 0.266 e. The molecule has 0 atom stereocenters. The fourth-order valence-electron chi connectivity index (χ4n) is 5.49. The fourth-order valence-corrected chi connectivity index (χ4v) is 6.60. The molecule has 6 heteroatoms. The monoisotopic (exact) mass is 518 g/mol. The van der Waals surface area contributed by atoms with Crippen LogP contribution in [0.2, 0.25) is 0 Å². The Bertz CT molecular complexity index is 1150. The largest absolute Gasteiger partial charge is 0.493 e. The molecule has 2 saturated carbocycles. The van der Waals surface area contributed by atoms with Crippen LogP contribution in [-0.4, -0.2) is 35.2 Å². The van der Waals surface area contributed by atoms with Gasteiger partial charge in [0, 0.05) is 6.04 Å². The average molecular weight is 519 g/mol. The maximum atomic E-state index is 13.7. The van der Waals surface area contributed by atoms with Crippen LogP contribution in [0.15, 0.2) is 52.4 Å². The number of ether oxygens (including phenoxy) is 2. The van der Waals surface area contributed by atoms with E-state index in [0.717, 1.165) is 46.9 Å². The molecule has 1 amide bonds. The Morgan fingerprint density at radius 3 is 2.35 bits per heavy atom. The summed E-state index contributed by atoms with van der Waals surface area (Å²) in [6.45, 7) is 2.55. The Morgan fingerprint density at radius 2 is 1.65 bits per heavy atom. The van der Waals surface area contributed by atoms with Crippen LogP contribution in [-0.2, 0) is 11.4 Å². The normalized spacial score (nSPS) is 21.7. The Labute approximate surface area is 225 Å². The van der Waals surface area contributed by atoms with Gasteiger partial charge in [0.1, 0.15) is 6.61 Å². The van der Waals surface area contributed by atoms with Gasteiger partial charge in [0.2, 0.25) is 0 Å². The molecule has 5 rings (SSSR count). The van der Waals surface area contributed by atoms with E-state index >= 15 is 0 Å². The lowest BCUT2D eigenvalue weighted by molar-refractivity contribution is -0.124. The van der Waals surface area contributed by atoms with Crippen LogP contribution in [0, 0.1) is 6.92 Å². The lowest BCUT2D eigenvalue weighted by Gasteiger charge is -2.31. The van der Waals surface area contributed by atoms with Crippen LogP contribution >= 0.6 is 11.8 Å². The summed E-state index contributed by atoms with van der Waals surface area (Å²) in [6.07, 6.45) is 13.8. The number of nitrogens with zero attached hydrogens (tertiary/aromatic N) is 2. The molecule has 3 fully saturated rings. The molecule has 2 aromatic carbocycles. The van der Waals surface area contributed by atoms with Gasteiger partial charge in [-0.15, -0.1) is 0 Å². The minimum absolute atomic E-state index is 0.102. The molecule has 1 aliphatic heterocycles. The van der Waals surface area contributed by atoms with Gasteiger partial charge in [-0.3, -0.25) is 14.7 Å². The highest BCUT2D eigenvalue weighted by Gasteiger charge is 2.39. The molecule has 0 bridgehead atoms. The van der Waals surface area contributed by atoms with Gasteiger partial charge < -0.3 is 9.47 Å². The zero-order valence-corrected chi connectivity index (χ0v) is 22.9. The summed E-state index contributed by atoms with van der Waals surface area (Å²) in [6, 6.07) is 14.8. The predicted octanol–water partition coefficient (Wildman–Crippen LogP) is 7.52. The highest BCUT2D eigenvalue weighted by atomic mass is 32.2. The molecule has 196 valence electrons. The maximum Gasteiger partial charge on any atom is 0.266 e. The summed E-state index contributed by atoms with van der Waals surface area (Å²) in [4.78, 5) is 21.6. The molecule has 1 heterocycles. The zero-order valence-electron chi connectivity index (χ0n) is 22.1. The quantitative estimate of drug-likeness (QED) is 0.356. The number of aryl methyl sites for hydroxylation is 1. The Hall–Kier alpha value is -2.73. The molecule has 1 saturated heterocycles.